The maximum Gasteiger partial charge on any atom is 0.161 e. The highest BCUT2D eigenvalue weighted by atomic mass is 79.9. The van der Waals surface area contributed by atoms with Gasteiger partial charge in [-0.1, -0.05) is 55.6 Å². The maximum atomic E-state index is 6.00. The summed E-state index contributed by atoms with van der Waals surface area (Å²) in [4.78, 5) is 0.0568. The average molecular weight is 433 g/mol. The largest absolute Gasteiger partial charge is 0.490 e. The zero-order valence-electron chi connectivity index (χ0n) is 11.1. The Kier molecular flexibility index (Phi) is 4.77. The summed E-state index contributed by atoms with van der Waals surface area (Å²) < 4.78 is 12.4. The Hall–Kier alpha value is -0.710. The minimum Gasteiger partial charge on any atom is -0.490 e. The smallest absolute Gasteiger partial charge is 0.161 e. The van der Waals surface area contributed by atoms with Crippen molar-refractivity contribution in [2.45, 2.75) is 11.2 Å². The number of hydrogen-bond acceptors (Lipinski definition) is 2. The van der Waals surface area contributed by atoms with Crippen LogP contribution >= 0.6 is 43.5 Å². The van der Waals surface area contributed by atoms with Gasteiger partial charge in [0.15, 0.2) is 11.5 Å². The number of hydrogen-bond donors (Lipinski definition) is 0. The second-order valence-corrected chi connectivity index (χ2v) is 6.99. The zero-order chi connectivity index (χ0) is 14.8. The molecule has 1 aliphatic rings. The van der Waals surface area contributed by atoms with E-state index in [9.17, 15) is 0 Å². The van der Waals surface area contributed by atoms with Crippen molar-refractivity contribution in [2.24, 2.45) is 0 Å². The second kappa shape index (κ2) is 6.59. The first kappa shape index (κ1) is 15.2. The third-order valence-electron chi connectivity index (χ3n) is 3.30. The van der Waals surface area contributed by atoms with E-state index in [1.807, 2.05) is 36.4 Å². The van der Waals surface area contributed by atoms with Gasteiger partial charge in [0.05, 0.1) is 18.0 Å². The first-order chi connectivity index (χ1) is 10.1. The predicted molar refractivity (Wildman–Crippen MR) is 92.0 cm³/mol. The second-order valence-electron chi connectivity index (χ2n) is 4.79. The van der Waals surface area contributed by atoms with Crippen molar-refractivity contribution in [2.75, 3.05) is 13.2 Å². The molecule has 1 atom stereocenters. The van der Waals surface area contributed by atoms with Crippen LogP contribution in [0.15, 0.2) is 40.9 Å². The van der Waals surface area contributed by atoms with Crippen molar-refractivity contribution in [1.82, 2.24) is 0 Å². The Bertz CT molecular complexity index is 661. The lowest BCUT2D eigenvalue weighted by Gasteiger charge is -2.15. The quantitative estimate of drug-likeness (QED) is 0.563. The molecule has 0 aliphatic carbocycles. The lowest BCUT2D eigenvalue weighted by Crippen LogP contribution is -1.98. The van der Waals surface area contributed by atoms with Gasteiger partial charge in [-0.3, -0.25) is 0 Å². The number of ether oxygens (including phenoxy) is 2. The van der Waals surface area contributed by atoms with Crippen molar-refractivity contribution < 1.29 is 9.47 Å². The third-order valence-corrected chi connectivity index (χ3v) is 5.24. The van der Waals surface area contributed by atoms with E-state index in [0.717, 1.165) is 33.5 Å². The normalized spacial score (nSPS) is 15.4. The van der Waals surface area contributed by atoms with Crippen LogP contribution in [-0.2, 0) is 0 Å². The van der Waals surface area contributed by atoms with Gasteiger partial charge in [-0.15, -0.1) is 0 Å². The molecular weight excluding hydrogens is 419 g/mol. The Morgan fingerprint density at radius 1 is 1.00 bits per heavy atom. The minimum atomic E-state index is 0.0568. The molecule has 0 spiro atoms. The molecule has 2 nitrogen and oxygen atoms in total. The van der Waals surface area contributed by atoms with Gasteiger partial charge in [-0.25, -0.2) is 0 Å². The summed E-state index contributed by atoms with van der Waals surface area (Å²) in [6.07, 6.45) is 0.907. The highest BCUT2D eigenvalue weighted by Gasteiger charge is 2.17. The van der Waals surface area contributed by atoms with Gasteiger partial charge in [-0.05, 0) is 35.4 Å². The Labute approximate surface area is 145 Å². The molecule has 1 aliphatic heterocycles. The van der Waals surface area contributed by atoms with Gasteiger partial charge in [0.2, 0.25) is 0 Å². The van der Waals surface area contributed by atoms with E-state index >= 15 is 0 Å². The molecule has 2 aromatic carbocycles. The number of fused-ring (bicyclic) bond motifs is 1. The van der Waals surface area contributed by atoms with Crippen molar-refractivity contribution in [3.63, 3.8) is 0 Å². The maximum absolute atomic E-state index is 6.00. The van der Waals surface area contributed by atoms with Gasteiger partial charge >= 0.3 is 0 Å². The number of alkyl halides is 1. The molecule has 0 saturated carbocycles. The van der Waals surface area contributed by atoms with Gasteiger partial charge in [0.1, 0.15) is 0 Å². The highest BCUT2D eigenvalue weighted by Crippen LogP contribution is 2.40. The summed E-state index contributed by atoms with van der Waals surface area (Å²) in [6.45, 7) is 1.39. The fourth-order valence-corrected chi connectivity index (χ4v) is 4.13. The molecule has 0 amide bonds. The first-order valence-corrected chi connectivity index (χ1v) is 8.72. The standard InChI is InChI=1S/C16H13Br2ClO2/c17-13-9-11(19)3-4-12(13)16(18)10-2-5-14-15(8-10)21-7-1-6-20-14/h2-5,8-9,16H,1,6-7H2. The molecule has 0 bridgehead atoms. The first-order valence-electron chi connectivity index (χ1n) is 6.64. The topological polar surface area (TPSA) is 18.5 Å². The fourth-order valence-electron chi connectivity index (χ4n) is 2.22. The van der Waals surface area contributed by atoms with E-state index in [-0.39, 0.29) is 4.83 Å². The Balaban J connectivity index is 1.94. The van der Waals surface area contributed by atoms with E-state index in [2.05, 4.69) is 31.9 Å². The van der Waals surface area contributed by atoms with Crippen molar-refractivity contribution in [3.05, 3.63) is 57.0 Å². The molecule has 1 unspecified atom stereocenters. The van der Waals surface area contributed by atoms with Crippen LogP contribution in [0.4, 0.5) is 0 Å². The van der Waals surface area contributed by atoms with Crippen molar-refractivity contribution in [1.29, 1.82) is 0 Å². The number of halogens is 3. The molecule has 2 aromatic rings. The van der Waals surface area contributed by atoms with Crippen molar-refractivity contribution in [3.8, 4) is 11.5 Å². The fraction of sp³-hybridized carbons (Fsp3) is 0.250. The van der Waals surface area contributed by atoms with E-state index < -0.39 is 0 Å². The van der Waals surface area contributed by atoms with E-state index in [4.69, 9.17) is 21.1 Å². The molecule has 21 heavy (non-hydrogen) atoms. The van der Waals surface area contributed by atoms with Gasteiger partial charge < -0.3 is 9.47 Å². The predicted octanol–water partition coefficient (Wildman–Crippen LogP) is 5.75. The summed E-state index contributed by atoms with van der Waals surface area (Å²) in [6, 6.07) is 11.8. The van der Waals surface area contributed by atoms with Crippen LogP contribution in [0.25, 0.3) is 0 Å². The molecule has 0 saturated heterocycles. The molecule has 110 valence electrons. The van der Waals surface area contributed by atoms with Crippen LogP contribution in [0.2, 0.25) is 5.02 Å². The molecule has 1 heterocycles. The van der Waals surface area contributed by atoms with Crippen LogP contribution in [0, 0.1) is 0 Å². The van der Waals surface area contributed by atoms with Crippen LogP contribution in [-0.4, -0.2) is 13.2 Å². The molecule has 0 radical (unpaired) electrons. The summed E-state index contributed by atoms with van der Waals surface area (Å²) >= 11 is 13.3. The number of benzene rings is 2. The number of rotatable bonds is 2. The molecule has 0 N–H and O–H groups in total. The Morgan fingerprint density at radius 3 is 2.52 bits per heavy atom. The van der Waals surface area contributed by atoms with Gasteiger partial charge in [0.25, 0.3) is 0 Å². The van der Waals surface area contributed by atoms with Crippen LogP contribution in [0.3, 0.4) is 0 Å². The van der Waals surface area contributed by atoms with Gasteiger partial charge in [0, 0.05) is 15.9 Å². The molecule has 0 aromatic heterocycles. The van der Waals surface area contributed by atoms with Crippen LogP contribution in [0.1, 0.15) is 22.4 Å². The van der Waals surface area contributed by atoms with E-state index in [1.165, 1.54) is 0 Å². The lowest BCUT2D eigenvalue weighted by atomic mass is 10.0. The summed E-state index contributed by atoms with van der Waals surface area (Å²) in [5, 5.41) is 0.712. The third kappa shape index (κ3) is 3.38. The van der Waals surface area contributed by atoms with E-state index in [0.29, 0.717) is 18.2 Å². The van der Waals surface area contributed by atoms with Gasteiger partial charge in [-0.2, -0.15) is 0 Å². The van der Waals surface area contributed by atoms with Crippen molar-refractivity contribution >= 4 is 43.5 Å². The molecule has 5 heteroatoms. The van der Waals surface area contributed by atoms with E-state index in [1.54, 1.807) is 0 Å². The lowest BCUT2D eigenvalue weighted by molar-refractivity contribution is 0.297. The highest BCUT2D eigenvalue weighted by molar-refractivity contribution is 9.11. The SMILES string of the molecule is Clc1ccc(C(Br)c2ccc3c(c2)OCCCO3)c(Br)c1. The molecule has 0 fully saturated rings. The average Bonchev–Trinajstić information content (AvgIpc) is 2.71. The molecular formula is C16H13Br2ClO2. The summed E-state index contributed by atoms with van der Waals surface area (Å²) in [7, 11) is 0. The monoisotopic (exact) mass is 430 g/mol. The van der Waals surface area contributed by atoms with Crippen LogP contribution < -0.4 is 9.47 Å². The summed E-state index contributed by atoms with van der Waals surface area (Å²) in [5.74, 6) is 1.62. The Morgan fingerprint density at radius 2 is 1.76 bits per heavy atom. The minimum absolute atomic E-state index is 0.0568. The summed E-state index contributed by atoms with van der Waals surface area (Å²) in [5.41, 5.74) is 2.23. The molecule has 3 rings (SSSR count). The zero-order valence-corrected chi connectivity index (χ0v) is 15.0. The van der Waals surface area contributed by atoms with Crippen LogP contribution in [0.5, 0.6) is 11.5 Å².